The highest BCUT2D eigenvalue weighted by Gasteiger charge is 2.13. The van der Waals surface area contributed by atoms with Crippen molar-refractivity contribution in [2.75, 3.05) is 0 Å². The highest BCUT2D eigenvalue weighted by Crippen LogP contribution is 2.12. The largest absolute Gasteiger partial charge is 0.344 e. The van der Waals surface area contributed by atoms with E-state index in [4.69, 9.17) is 0 Å². The molecule has 2 N–H and O–H groups in total. The van der Waals surface area contributed by atoms with Gasteiger partial charge < -0.3 is 10.3 Å². The molecule has 0 unspecified atom stereocenters. The van der Waals surface area contributed by atoms with Crippen LogP contribution in [0.15, 0.2) is 42.6 Å². The van der Waals surface area contributed by atoms with Gasteiger partial charge in [0.2, 0.25) is 5.91 Å². The molecule has 1 heterocycles. The van der Waals surface area contributed by atoms with Crippen molar-refractivity contribution in [2.45, 2.75) is 26.3 Å². The molecule has 1 amide bonds. The standard InChI is InChI=1S/C16H19N3O/c1-3-14(16-17-11-12(2)18-16)19-15(20)10-9-13-7-5-4-6-8-13/h4-11,14H,3H2,1-2H3,(H,17,18)(H,19,20)/b10-9+/t14-/m1/s1. The van der Waals surface area contributed by atoms with Crippen molar-refractivity contribution in [1.82, 2.24) is 15.3 Å². The van der Waals surface area contributed by atoms with E-state index >= 15 is 0 Å². The van der Waals surface area contributed by atoms with Crippen LogP contribution in [0, 0.1) is 6.92 Å². The maximum Gasteiger partial charge on any atom is 0.244 e. The van der Waals surface area contributed by atoms with Gasteiger partial charge in [-0.25, -0.2) is 4.98 Å². The predicted molar refractivity (Wildman–Crippen MR) is 80.0 cm³/mol. The molecule has 0 spiro atoms. The minimum absolute atomic E-state index is 0.0865. The Hall–Kier alpha value is -2.36. The maximum absolute atomic E-state index is 11.9. The zero-order valence-electron chi connectivity index (χ0n) is 11.8. The smallest absolute Gasteiger partial charge is 0.244 e. The summed E-state index contributed by atoms with van der Waals surface area (Å²) in [5.41, 5.74) is 2.00. The summed E-state index contributed by atoms with van der Waals surface area (Å²) in [6, 6.07) is 9.66. The Morgan fingerprint density at radius 1 is 1.40 bits per heavy atom. The van der Waals surface area contributed by atoms with Crippen LogP contribution in [0.3, 0.4) is 0 Å². The Kier molecular flexibility index (Phi) is 4.71. The van der Waals surface area contributed by atoms with Crippen LogP contribution in [-0.4, -0.2) is 15.9 Å². The lowest BCUT2D eigenvalue weighted by molar-refractivity contribution is -0.117. The van der Waals surface area contributed by atoms with E-state index in [9.17, 15) is 4.79 Å². The number of carbonyl (C=O) groups is 1. The van der Waals surface area contributed by atoms with Gasteiger partial charge in [-0.2, -0.15) is 0 Å². The lowest BCUT2D eigenvalue weighted by Crippen LogP contribution is -2.27. The number of aromatic amines is 1. The van der Waals surface area contributed by atoms with E-state index in [1.807, 2.05) is 44.2 Å². The van der Waals surface area contributed by atoms with Gasteiger partial charge in [-0.05, 0) is 25.0 Å². The number of aromatic nitrogens is 2. The van der Waals surface area contributed by atoms with Crippen LogP contribution in [0.25, 0.3) is 6.08 Å². The summed E-state index contributed by atoms with van der Waals surface area (Å²) in [6.45, 7) is 3.96. The molecule has 1 aromatic heterocycles. The van der Waals surface area contributed by atoms with Crippen molar-refractivity contribution in [1.29, 1.82) is 0 Å². The molecule has 0 aliphatic carbocycles. The quantitative estimate of drug-likeness (QED) is 0.820. The summed E-state index contributed by atoms with van der Waals surface area (Å²) in [5, 5.41) is 2.95. The molecule has 0 radical (unpaired) electrons. The number of nitrogens with one attached hydrogen (secondary N) is 2. The van der Waals surface area contributed by atoms with Gasteiger partial charge in [-0.3, -0.25) is 4.79 Å². The first-order valence-electron chi connectivity index (χ1n) is 6.74. The highest BCUT2D eigenvalue weighted by molar-refractivity contribution is 5.91. The first-order valence-corrected chi connectivity index (χ1v) is 6.74. The van der Waals surface area contributed by atoms with Crippen LogP contribution < -0.4 is 5.32 Å². The van der Waals surface area contributed by atoms with Crippen LogP contribution >= 0.6 is 0 Å². The number of amides is 1. The summed E-state index contributed by atoms with van der Waals surface area (Å²) in [6.07, 6.45) is 5.91. The summed E-state index contributed by atoms with van der Waals surface area (Å²) >= 11 is 0. The average Bonchev–Trinajstić information content (AvgIpc) is 2.90. The fourth-order valence-electron chi connectivity index (χ4n) is 1.93. The SMILES string of the molecule is CC[C@@H](NC(=O)/C=C/c1ccccc1)c1ncc(C)[nH]1. The second-order valence-corrected chi connectivity index (χ2v) is 4.66. The Bertz CT molecular complexity index is 587. The third kappa shape index (κ3) is 3.82. The van der Waals surface area contributed by atoms with Crippen molar-refractivity contribution in [2.24, 2.45) is 0 Å². The molecule has 0 saturated heterocycles. The molecule has 2 rings (SSSR count). The van der Waals surface area contributed by atoms with Crippen LogP contribution in [0.4, 0.5) is 0 Å². The molecule has 0 bridgehead atoms. The Balaban J connectivity index is 1.98. The van der Waals surface area contributed by atoms with Gasteiger partial charge in [0.1, 0.15) is 5.82 Å². The minimum Gasteiger partial charge on any atom is -0.344 e. The number of rotatable bonds is 5. The molecule has 2 aromatic rings. The van der Waals surface area contributed by atoms with Crippen LogP contribution in [0.1, 0.15) is 36.5 Å². The van der Waals surface area contributed by atoms with E-state index in [0.29, 0.717) is 0 Å². The molecule has 4 nitrogen and oxygen atoms in total. The van der Waals surface area contributed by atoms with Gasteiger partial charge >= 0.3 is 0 Å². The summed E-state index contributed by atoms with van der Waals surface area (Å²) in [4.78, 5) is 19.3. The number of imidazole rings is 1. The van der Waals surface area contributed by atoms with Gasteiger partial charge in [0.15, 0.2) is 0 Å². The fourth-order valence-corrected chi connectivity index (χ4v) is 1.93. The van der Waals surface area contributed by atoms with E-state index in [1.165, 1.54) is 0 Å². The molecule has 1 atom stereocenters. The van der Waals surface area contributed by atoms with Crippen molar-refractivity contribution < 1.29 is 4.79 Å². The normalized spacial score (nSPS) is 12.5. The molecule has 104 valence electrons. The van der Waals surface area contributed by atoms with E-state index in [0.717, 1.165) is 23.5 Å². The van der Waals surface area contributed by atoms with E-state index in [-0.39, 0.29) is 11.9 Å². The monoisotopic (exact) mass is 269 g/mol. The van der Waals surface area contributed by atoms with E-state index in [2.05, 4.69) is 15.3 Å². The zero-order valence-corrected chi connectivity index (χ0v) is 11.8. The number of nitrogens with zero attached hydrogens (tertiary/aromatic N) is 1. The second kappa shape index (κ2) is 6.70. The number of H-pyrrole nitrogens is 1. The summed E-state index contributed by atoms with van der Waals surface area (Å²) in [5.74, 6) is 0.682. The van der Waals surface area contributed by atoms with Crippen LogP contribution in [0.5, 0.6) is 0 Å². The number of carbonyl (C=O) groups excluding carboxylic acids is 1. The van der Waals surface area contributed by atoms with Crippen molar-refractivity contribution in [3.05, 3.63) is 59.7 Å². The molecule has 20 heavy (non-hydrogen) atoms. The van der Waals surface area contributed by atoms with Gasteiger partial charge in [0.25, 0.3) is 0 Å². The average molecular weight is 269 g/mol. The topological polar surface area (TPSA) is 57.8 Å². The number of hydrogen-bond donors (Lipinski definition) is 2. The maximum atomic E-state index is 11.9. The summed E-state index contributed by atoms with van der Waals surface area (Å²) < 4.78 is 0. The number of benzene rings is 1. The van der Waals surface area contributed by atoms with Gasteiger partial charge in [-0.1, -0.05) is 37.3 Å². The molecule has 0 aliphatic rings. The van der Waals surface area contributed by atoms with Crippen molar-refractivity contribution in [3.63, 3.8) is 0 Å². The van der Waals surface area contributed by atoms with Crippen molar-refractivity contribution >= 4 is 12.0 Å². The molecule has 0 fully saturated rings. The molecule has 4 heteroatoms. The number of aryl methyl sites for hydroxylation is 1. The first kappa shape index (κ1) is 14.1. The molecule has 0 aliphatic heterocycles. The van der Waals surface area contributed by atoms with Crippen molar-refractivity contribution in [3.8, 4) is 0 Å². The summed E-state index contributed by atoms with van der Waals surface area (Å²) in [7, 11) is 0. The van der Waals surface area contributed by atoms with Crippen LogP contribution in [-0.2, 0) is 4.79 Å². The number of hydrogen-bond acceptors (Lipinski definition) is 2. The molecule has 1 aromatic carbocycles. The minimum atomic E-state index is -0.116. The first-order chi connectivity index (χ1) is 9.69. The van der Waals surface area contributed by atoms with Gasteiger partial charge in [0, 0.05) is 18.0 Å². The Morgan fingerprint density at radius 3 is 2.75 bits per heavy atom. The third-order valence-corrected chi connectivity index (χ3v) is 3.00. The molecular weight excluding hydrogens is 250 g/mol. The Labute approximate surface area is 118 Å². The highest BCUT2D eigenvalue weighted by atomic mass is 16.1. The fraction of sp³-hybridized carbons (Fsp3) is 0.250. The van der Waals surface area contributed by atoms with E-state index < -0.39 is 0 Å². The lowest BCUT2D eigenvalue weighted by atomic mass is 10.2. The second-order valence-electron chi connectivity index (χ2n) is 4.66. The van der Waals surface area contributed by atoms with Gasteiger partial charge in [-0.15, -0.1) is 0 Å². The molecule has 0 saturated carbocycles. The van der Waals surface area contributed by atoms with Crippen LogP contribution in [0.2, 0.25) is 0 Å². The zero-order chi connectivity index (χ0) is 14.4. The Morgan fingerprint density at radius 2 is 2.15 bits per heavy atom. The third-order valence-electron chi connectivity index (χ3n) is 3.00. The molecular formula is C16H19N3O. The van der Waals surface area contributed by atoms with Gasteiger partial charge in [0.05, 0.1) is 6.04 Å². The predicted octanol–water partition coefficient (Wildman–Crippen LogP) is 3.00. The lowest BCUT2D eigenvalue weighted by Gasteiger charge is -2.13. The van der Waals surface area contributed by atoms with E-state index in [1.54, 1.807) is 18.3 Å².